The first-order chi connectivity index (χ1) is 11.8. The predicted octanol–water partition coefficient (Wildman–Crippen LogP) is 0.200. The Hall–Kier alpha value is -2.35. The summed E-state index contributed by atoms with van der Waals surface area (Å²) in [7, 11) is 3.18. The van der Waals surface area contributed by atoms with Crippen molar-refractivity contribution in [1.82, 2.24) is 24.0 Å². The molecule has 1 aliphatic heterocycles. The van der Waals surface area contributed by atoms with E-state index in [-0.39, 0.29) is 11.2 Å². The van der Waals surface area contributed by atoms with E-state index in [9.17, 15) is 9.59 Å². The fourth-order valence-electron chi connectivity index (χ4n) is 3.09. The highest BCUT2D eigenvalue weighted by Crippen LogP contribution is 2.22. The van der Waals surface area contributed by atoms with Gasteiger partial charge in [-0.15, -0.1) is 0 Å². The topological polar surface area (TPSA) is 77.1 Å². The van der Waals surface area contributed by atoms with Gasteiger partial charge in [-0.3, -0.25) is 13.9 Å². The Morgan fingerprint density at radius 3 is 2.32 bits per heavy atom. The molecule has 0 radical (unpaired) electrons. The monoisotopic (exact) mass is 346 g/mol. The largest absolute Gasteiger partial charge is 0.340 e. The summed E-state index contributed by atoms with van der Waals surface area (Å²) < 4.78 is 4.57. The van der Waals surface area contributed by atoms with Crippen molar-refractivity contribution in [2.45, 2.75) is 27.3 Å². The summed E-state index contributed by atoms with van der Waals surface area (Å²) in [6.45, 7) is 10.2. The number of rotatable bonds is 3. The summed E-state index contributed by atoms with van der Waals surface area (Å²) >= 11 is 0. The molecule has 1 saturated heterocycles. The van der Waals surface area contributed by atoms with Crippen LogP contribution in [0.2, 0.25) is 0 Å². The maximum atomic E-state index is 12.8. The van der Waals surface area contributed by atoms with Crippen LogP contribution in [0.3, 0.4) is 0 Å². The van der Waals surface area contributed by atoms with Gasteiger partial charge in [0.15, 0.2) is 11.2 Å². The molecule has 0 saturated carbocycles. The molecule has 2 aromatic heterocycles. The summed E-state index contributed by atoms with van der Waals surface area (Å²) in [5.74, 6) is 0.760. The fourth-order valence-corrected chi connectivity index (χ4v) is 3.09. The van der Waals surface area contributed by atoms with E-state index in [0.717, 1.165) is 36.7 Å². The second kappa shape index (κ2) is 6.51. The van der Waals surface area contributed by atoms with Crippen molar-refractivity contribution < 1.29 is 0 Å². The summed E-state index contributed by atoms with van der Waals surface area (Å²) in [6, 6.07) is 0. The molecule has 8 heteroatoms. The Bertz CT molecular complexity index is 952. The summed E-state index contributed by atoms with van der Waals surface area (Å²) in [6.07, 6.45) is 0. The number of hydrogen-bond donors (Lipinski definition) is 1. The van der Waals surface area contributed by atoms with Gasteiger partial charge in [-0.2, -0.15) is 4.98 Å². The third-order valence-electron chi connectivity index (χ3n) is 4.98. The standard InChI is InChI=1S/C17H26N6O2/c1-11(2)12(3)10-23-13-14(20(4)17(25)21(5)15(13)24)19-16(23)22-8-6-18-7-9-22/h18H,6-10H2,1-5H3. The maximum Gasteiger partial charge on any atom is 0.332 e. The van der Waals surface area contributed by atoms with Crippen LogP contribution in [-0.4, -0.2) is 44.9 Å². The first-order valence-electron chi connectivity index (χ1n) is 8.57. The molecule has 0 aromatic carbocycles. The quantitative estimate of drug-likeness (QED) is 0.804. The minimum Gasteiger partial charge on any atom is -0.340 e. The molecule has 0 unspecified atom stereocenters. The Balaban J connectivity index is 2.32. The van der Waals surface area contributed by atoms with Gasteiger partial charge in [-0.1, -0.05) is 11.1 Å². The molecular weight excluding hydrogens is 320 g/mol. The van der Waals surface area contributed by atoms with E-state index in [1.165, 1.54) is 22.8 Å². The van der Waals surface area contributed by atoms with E-state index in [4.69, 9.17) is 4.98 Å². The van der Waals surface area contributed by atoms with Crippen LogP contribution in [0, 0.1) is 0 Å². The smallest absolute Gasteiger partial charge is 0.332 e. The lowest BCUT2D eigenvalue weighted by Gasteiger charge is -2.29. The van der Waals surface area contributed by atoms with Gasteiger partial charge in [-0.25, -0.2) is 4.79 Å². The van der Waals surface area contributed by atoms with Crippen molar-refractivity contribution in [3.05, 3.63) is 32.0 Å². The van der Waals surface area contributed by atoms with Gasteiger partial charge in [0.25, 0.3) is 5.56 Å². The number of nitrogens with one attached hydrogen (secondary N) is 1. The zero-order valence-corrected chi connectivity index (χ0v) is 15.6. The van der Waals surface area contributed by atoms with Gasteiger partial charge in [-0.05, 0) is 20.8 Å². The normalized spacial score (nSPS) is 15.0. The van der Waals surface area contributed by atoms with Crippen molar-refractivity contribution in [3.63, 3.8) is 0 Å². The molecule has 1 N–H and O–H groups in total. The number of allylic oxidation sites excluding steroid dienone is 2. The Labute approximate surface area is 146 Å². The number of aromatic nitrogens is 4. The molecule has 8 nitrogen and oxygen atoms in total. The molecule has 1 aliphatic rings. The van der Waals surface area contributed by atoms with Gasteiger partial charge < -0.3 is 14.8 Å². The molecule has 3 rings (SSSR count). The number of anilines is 1. The van der Waals surface area contributed by atoms with Gasteiger partial charge in [0.1, 0.15) is 0 Å². The third-order valence-corrected chi connectivity index (χ3v) is 4.98. The number of hydrogen-bond acceptors (Lipinski definition) is 5. The highest BCUT2D eigenvalue weighted by molar-refractivity contribution is 5.74. The van der Waals surface area contributed by atoms with Crippen molar-refractivity contribution in [2.75, 3.05) is 31.1 Å². The van der Waals surface area contributed by atoms with Crippen LogP contribution >= 0.6 is 0 Å². The van der Waals surface area contributed by atoms with E-state index in [2.05, 4.69) is 31.0 Å². The van der Waals surface area contributed by atoms with E-state index >= 15 is 0 Å². The van der Waals surface area contributed by atoms with Crippen LogP contribution in [0.4, 0.5) is 5.95 Å². The Morgan fingerprint density at radius 2 is 1.72 bits per heavy atom. The van der Waals surface area contributed by atoms with Crippen LogP contribution in [0.25, 0.3) is 11.2 Å². The number of nitrogens with zero attached hydrogens (tertiary/aromatic N) is 5. The molecule has 0 bridgehead atoms. The molecular formula is C17H26N6O2. The van der Waals surface area contributed by atoms with Crippen molar-refractivity contribution >= 4 is 17.1 Å². The molecule has 1 fully saturated rings. The molecule has 0 atom stereocenters. The highest BCUT2D eigenvalue weighted by Gasteiger charge is 2.23. The van der Waals surface area contributed by atoms with E-state index in [1.54, 1.807) is 7.05 Å². The highest BCUT2D eigenvalue weighted by atomic mass is 16.2. The lowest BCUT2D eigenvalue weighted by Crippen LogP contribution is -2.44. The summed E-state index contributed by atoms with van der Waals surface area (Å²) in [5.41, 5.74) is 2.68. The van der Waals surface area contributed by atoms with Crippen LogP contribution < -0.4 is 21.5 Å². The van der Waals surface area contributed by atoms with Crippen LogP contribution in [0.1, 0.15) is 20.8 Å². The maximum absolute atomic E-state index is 12.8. The molecule has 3 heterocycles. The van der Waals surface area contributed by atoms with Crippen LogP contribution in [-0.2, 0) is 20.6 Å². The molecule has 0 spiro atoms. The molecule has 0 aliphatic carbocycles. The number of imidazole rings is 1. The lowest BCUT2D eigenvalue weighted by molar-refractivity contribution is 0.570. The van der Waals surface area contributed by atoms with Crippen LogP contribution in [0.5, 0.6) is 0 Å². The minimum absolute atomic E-state index is 0.298. The van der Waals surface area contributed by atoms with Crippen molar-refractivity contribution in [3.8, 4) is 0 Å². The second-order valence-corrected chi connectivity index (χ2v) is 6.89. The number of aryl methyl sites for hydroxylation is 1. The van der Waals surface area contributed by atoms with Crippen LogP contribution in [0.15, 0.2) is 20.7 Å². The van der Waals surface area contributed by atoms with E-state index in [0.29, 0.717) is 17.7 Å². The van der Waals surface area contributed by atoms with Gasteiger partial charge in [0.05, 0.1) is 0 Å². The SMILES string of the molecule is CC(C)=C(C)Cn1c(N2CCNCC2)nc2c1c(=O)n(C)c(=O)n2C. The zero-order valence-electron chi connectivity index (χ0n) is 15.6. The fraction of sp³-hybridized carbons (Fsp3) is 0.588. The predicted molar refractivity (Wildman–Crippen MR) is 99.3 cm³/mol. The van der Waals surface area contributed by atoms with Crippen molar-refractivity contribution in [2.24, 2.45) is 14.1 Å². The number of piperazine rings is 1. The molecule has 0 amide bonds. The summed E-state index contributed by atoms with van der Waals surface area (Å²) in [4.78, 5) is 32.0. The Kier molecular flexibility index (Phi) is 4.55. The Morgan fingerprint density at radius 1 is 1.08 bits per heavy atom. The third kappa shape index (κ3) is 2.90. The summed E-state index contributed by atoms with van der Waals surface area (Å²) in [5, 5.41) is 3.33. The lowest BCUT2D eigenvalue weighted by atomic mass is 10.2. The van der Waals surface area contributed by atoms with Crippen molar-refractivity contribution in [1.29, 1.82) is 0 Å². The first kappa shape index (κ1) is 17.5. The molecule has 25 heavy (non-hydrogen) atoms. The second-order valence-electron chi connectivity index (χ2n) is 6.89. The minimum atomic E-state index is -0.354. The average Bonchev–Trinajstić information content (AvgIpc) is 2.98. The van der Waals surface area contributed by atoms with Gasteiger partial charge >= 0.3 is 5.69 Å². The van der Waals surface area contributed by atoms with Gasteiger partial charge in [0.2, 0.25) is 5.95 Å². The van der Waals surface area contributed by atoms with E-state index < -0.39 is 0 Å². The average molecular weight is 346 g/mol. The molecule has 136 valence electrons. The van der Waals surface area contributed by atoms with Gasteiger partial charge in [0, 0.05) is 46.8 Å². The van der Waals surface area contributed by atoms with E-state index in [1.807, 2.05) is 4.57 Å². The first-order valence-corrected chi connectivity index (χ1v) is 8.57. The zero-order chi connectivity index (χ0) is 18.3. The molecule has 2 aromatic rings. The number of fused-ring (bicyclic) bond motifs is 1.